The zero-order valence-electron chi connectivity index (χ0n) is 18.6. The van der Waals surface area contributed by atoms with E-state index in [9.17, 15) is 45.8 Å². The highest BCUT2D eigenvalue weighted by molar-refractivity contribution is 8.00. The fourth-order valence-electron chi connectivity index (χ4n) is 3.26. The Labute approximate surface area is 211 Å². The Morgan fingerprint density at radius 3 is 2.18 bits per heavy atom. The summed E-state index contributed by atoms with van der Waals surface area (Å²) in [6, 6.07) is 1.15. The number of carbonyl (C=O) groups is 5. The molecule has 4 heterocycles. The number of fused-ring (bicyclic) bond motifs is 2. The molecule has 1 saturated heterocycles. The van der Waals surface area contributed by atoms with Gasteiger partial charge < -0.3 is 31.2 Å². The predicted octanol–water partition coefficient (Wildman–Crippen LogP) is -1.37. The fraction of sp³-hybridized carbons (Fsp3) is 0.444. The summed E-state index contributed by atoms with van der Waals surface area (Å²) in [6.07, 6.45) is -8.10. The molecule has 210 valence electrons. The highest BCUT2D eigenvalue weighted by Crippen LogP contribution is 2.39. The average Bonchev–Trinajstić information content (AvgIpc) is 3.19. The Morgan fingerprint density at radius 2 is 1.71 bits per heavy atom. The van der Waals surface area contributed by atoms with Gasteiger partial charge in [-0.3, -0.25) is 14.5 Å². The molecule has 0 aliphatic carbocycles. The molecule has 3 aliphatic rings. The number of aromatic nitrogens is 2. The molecule has 1 aromatic rings. The summed E-state index contributed by atoms with van der Waals surface area (Å²) in [6.45, 7) is 0.878. The van der Waals surface area contributed by atoms with Crippen LogP contribution in [-0.2, 0) is 37.1 Å². The van der Waals surface area contributed by atoms with Gasteiger partial charge in [-0.2, -0.15) is 26.3 Å². The van der Waals surface area contributed by atoms with Crippen molar-refractivity contribution < 1.29 is 70.3 Å². The standard InChI is InChI=1S/C14H15N5O4S.2C2HF3O2/c15-10-12(21)19-11(14(22)23)7(6-24-13(10)19)5-17-3-1-8-16-9(20)2-4-18(8)17;2*3-2(4,5)1(6)7/h1,3,10,13H,2,4-6,15H2,(H,22,23);2*(H,6,7)/t10-,13-;;/m1../s1. The molecule has 0 radical (unpaired) electrons. The Hall–Kier alpha value is -3.81. The highest BCUT2D eigenvalue weighted by atomic mass is 32.2. The topological polar surface area (TPSA) is 199 Å². The van der Waals surface area contributed by atoms with Gasteiger partial charge in [0.1, 0.15) is 23.1 Å². The molecular formula is C18H17F6N5O8S. The molecule has 1 fully saturated rings. The number of thioether (sulfide) groups is 1. The highest BCUT2D eigenvalue weighted by Gasteiger charge is 2.52. The number of carbonyl (C=O) groups excluding carboxylic acids is 3. The Bertz CT molecular complexity index is 1160. The van der Waals surface area contributed by atoms with Crippen molar-refractivity contribution in [2.24, 2.45) is 5.73 Å². The summed E-state index contributed by atoms with van der Waals surface area (Å²) in [5.41, 5.74) is 6.44. The molecule has 0 unspecified atom stereocenters. The zero-order chi connectivity index (χ0) is 29.2. The largest absolute Gasteiger partial charge is 0.542 e. The number of hydrogen-bond donors (Lipinski definition) is 4. The van der Waals surface area contributed by atoms with Gasteiger partial charge in [-0.05, 0) is 0 Å². The number of nitrogens with one attached hydrogen (secondary N) is 1. The Morgan fingerprint density at radius 1 is 1.16 bits per heavy atom. The number of carboxylic acids is 3. The molecule has 2 atom stereocenters. The summed E-state index contributed by atoms with van der Waals surface area (Å²) in [5, 5.41) is 28.0. The third kappa shape index (κ3) is 6.94. The van der Waals surface area contributed by atoms with Gasteiger partial charge in [0, 0.05) is 11.3 Å². The molecule has 4 rings (SSSR count). The fourth-order valence-corrected chi connectivity index (χ4v) is 4.55. The molecule has 1 aromatic heterocycles. The number of β-lactam (4-membered cyclic amide) rings is 1. The molecule has 3 aliphatic heterocycles. The lowest BCUT2D eigenvalue weighted by atomic mass is 10.0. The maximum absolute atomic E-state index is 12.0. The van der Waals surface area contributed by atoms with Crippen LogP contribution >= 0.6 is 11.8 Å². The van der Waals surface area contributed by atoms with Crippen LogP contribution in [-0.4, -0.2) is 79.0 Å². The van der Waals surface area contributed by atoms with Gasteiger partial charge in [0.2, 0.25) is 11.8 Å². The summed E-state index contributed by atoms with van der Waals surface area (Å²) in [7, 11) is 0. The number of anilines is 1. The first-order valence-electron chi connectivity index (χ1n) is 9.99. The maximum Gasteiger partial charge on any atom is 0.490 e. The van der Waals surface area contributed by atoms with Crippen molar-refractivity contribution in [1.29, 1.82) is 0 Å². The van der Waals surface area contributed by atoms with E-state index in [0.717, 1.165) is 0 Å². The van der Waals surface area contributed by atoms with Crippen molar-refractivity contribution in [2.45, 2.75) is 43.3 Å². The van der Waals surface area contributed by atoms with Gasteiger partial charge >= 0.3 is 24.3 Å². The van der Waals surface area contributed by atoms with Gasteiger partial charge in [-0.1, -0.05) is 0 Å². The van der Waals surface area contributed by atoms with Crippen LogP contribution in [0.1, 0.15) is 6.42 Å². The molecule has 38 heavy (non-hydrogen) atoms. The maximum atomic E-state index is 12.0. The van der Waals surface area contributed by atoms with E-state index in [0.29, 0.717) is 36.7 Å². The summed E-state index contributed by atoms with van der Waals surface area (Å²) >= 11 is 1.48. The van der Waals surface area contributed by atoms with Crippen molar-refractivity contribution in [3.8, 4) is 0 Å². The lowest BCUT2D eigenvalue weighted by molar-refractivity contribution is -0.767. The smallest absolute Gasteiger partial charge is 0.490 e. The number of carboxylic acid groups (broad SMARTS) is 3. The second-order valence-corrected chi connectivity index (χ2v) is 8.61. The Balaban J connectivity index is 0.000000301. The second-order valence-electron chi connectivity index (χ2n) is 7.50. The minimum absolute atomic E-state index is 0.0329. The molecule has 2 amide bonds. The monoisotopic (exact) mass is 577 g/mol. The van der Waals surface area contributed by atoms with E-state index in [1.54, 1.807) is 12.3 Å². The first kappa shape index (κ1) is 30.4. The van der Waals surface area contributed by atoms with Crippen molar-refractivity contribution in [1.82, 2.24) is 9.58 Å². The van der Waals surface area contributed by atoms with Crippen LogP contribution in [0, 0.1) is 0 Å². The second kappa shape index (κ2) is 11.3. The molecule has 0 saturated carbocycles. The molecule has 5 N–H and O–H groups in total. The number of alkyl halides is 6. The van der Waals surface area contributed by atoms with Crippen molar-refractivity contribution in [3.05, 3.63) is 23.5 Å². The molecule has 13 nitrogen and oxygen atoms in total. The van der Waals surface area contributed by atoms with Gasteiger partial charge in [-0.25, -0.2) is 9.59 Å². The van der Waals surface area contributed by atoms with Crippen molar-refractivity contribution in [2.75, 3.05) is 11.1 Å². The van der Waals surface area contributed by atoms with Crippen LogP contribution in [0.3, 0.4) is 0 Å². The minimum Gasteiger partial charge on any atom is -0.542 e. The van der Waals surface area contributed by atoms with Crippen LogP contribution in [0.15, 0.2) is 23.5 Å². The average molecular weight is 577 g/mol. The third-order valence-electron chi connectivity index (χ3n) is 4.93. The van der Waals surface area contributed by atoms with Gasteiger partial charge in [0.25, 0.3) is 0 Å². The van der Waals surface area contributed by atoms with E-state index in [1.807, 2.05) is 9.36 Å². The summed E-state index contributed by atoms with van der Waals surface area (Å²) in [4.78, 5) is 54.1. The predicted molar refractivity (Wildman–Crippen MR) is 108 cm³/mol. The lowest BCUT2D eigenvalue weighted by Crippen LogP contribution is -2.68. The van der Waals surface area contributed by atoms with Gasteiger partial charge in [0.05, 0.1) is 19.0 Å². The first-order chi connectivity index (χ1) is 17.4. The molecule has 0 aromatic carbocycles. The number of halogens is 6. The SMILES string of the molecule is N[C@@H]1C(=O)N2C(C(=O)O)=C(C[n+]3ccc4n3CCC(=O)N4)CS[C@H]12.O=C(O)C(F)(F)F.O=C([O-])C(F)(F)F. The van der Waals surface area contributed by atoms with Crippen molar-refractivity contribution >= 4 is 47.3 Å². The van der Waals surface area contributed by atoms with Crippen LogP contribution in [0.2, 0.25) is 0 Å². The number of hydrogen-bond acceptors (Lipinski definition) is 8. The van der Waals surface area contributed by atoms with Crippen LogP contribution in [0.4, 0.5) is 32.2 Å². The van der Waals surface area contributed by atoms with E-state index in [-0.39, 0.29) is 22.9 Å². The number of rotatable bonds is 3. The van der Waals surface area contributed by atoms with E-state index in [4.69, 9.17) is 25.5 Å². The number of nitrogens with zero attached hydrogens (tertiary/aromatic N) is 3. The van der Waals surface area contributed by atoms with Crippen molar-refractivity contribution in [3.63, 3.8) is 0 Å². The number of aliphatic carboxylic acids is 3. The molecular weight excluding hydrogens is 560 g/mol. The molecule has 0 bridgehead atoms. The van der Waals surface area contributed by atoms with Gasteiger partial charge in [0.15, 0.2) is 18.6 Å². The zero-order valence-corrected chi connectivity index (χ0v) is 19.4. The van der Waals surface area contributed by atoms with E-state index >= 15 is 0 Å². The first-order valence-corrected chi connectivity index (χ1v) is 11.0. The third-order valence-corrected chi connectivity index (χ3v) is 6.29. The Kier molecular flexibility index (Phi) is 9.04. The van der Waals surface area contributed by atoms with Gasteiger partial charge in [-0.15, -0.1) is 21.1 Å². The molecule has 20 heteroatoms. The number of nitrogens with two attached hydrogens (primary N) is 1. The lowest BCUT2D eigenvalue weighted by Gasteiger charge is -2.47. The molecule has 0 spiro atoms. The van der Waals surface area contributed by atoms with E-state index in [2.05, 4.69) is 5.32 Å². The van der Waals surface area contributed by atoms with Crippen LogP contribution < -0.4 is 20.8 Å². The summed E-state index contributed by atoms with van der Waals surface area (Å²) < 4.78 is 67.0. The van der Waals surface area contributed by atoms with E-state index < -0.39 is 36.3 Å². The van der Waals surface area contributed by atoms with Crippen LogP contribution in [0.5, 0.6) is 0 Å². The number of amides is 2. The quantitative estimate of drug-likeness (QED) is 0.189. The summed E-state index contributed by atoms with van der Waals surface area (Å²) in [5.74, 6) is -6.07. The normalized spacial score (nSPS) is 20.4. The minimum atomic E-state index is -5.19. The van der Waals surface area contributed by atoms with E-state index in [1.165, 1.54) is 16.7 Å². The van der Waals surface area contributed by atoms with Crippen LogP contribution in [0.25, 0.3) is 0 Å².